The van der Waals surface area contributed by atoms with Gasteiger partial charge in [0.05, 0.1) is 26.0 Å². The number of carbonyl (C=O) groups is 1. The predicted octanol–water partition coefficient (Wildman–Crippen LogP) is 0.359. The van der Waals surface area contributed by atoms with E-state index < -0.39 is 12.1 Å². The monoisotopic (exact) mass is 198 g/mol. The molecule has 0 aromatic carbocycles. The number of nitrogens with zero attached hydrogens (tertiary/aromatic N) is 2. The van der Waals surface area contributed by atoms with Crippen molar-refractivity contribution in [1.29, 1.82) is 0 Å². The topological polar surface area (TPSA) is 64.3 Å². The highest BCUT2D eigenvalue weighted by atomic mass is 16.5. The number of esters is 1. The van der Waals surface area contributed by atoms with Crippen molar-refractivity contribution >= 4 is 5.97 Å². The summed E-state index contributed by atoms with van der Waals surface area (Å²) in [6.45, 7) is 3.77. The van der Waals surface area contributed by atoms with Gasteiger partial charge in [0.1, 0.15) is 11.5 Å². The van der Waals surface area contributed by atoms with E-state index in [1.807, 2.05) is 0 Å². The van der Waals surface area contributed by atoms with E-state index >= 15 is 0 Å². The summed E-state index contributed by atoms with van der Waals surface area (Å²) in [7, 11) is 1.32. The molecule has 1 aromatic rings. The van der Waals surface area contributed by atoms with Crippen molar-refractivity contribution in [2.45, 2.75) is 26.5 Å². The second kappa shape index (κ2) is 4.23. The number of methoxy groups -OCH3 is 1. The Kier molecular flexibility index (Phi) is 3.24. The molecular formula is C9H14N2O3. The van der Waals surface area contributed by atoms with Gasteiger partial charge in [-0.15, -0.1) is 0 Å². The van der Waals surface area contributed by atoms with Gasteiger partial charge in [0.2, 0.25) is 0 Å². The average molecular weight is 198 g/mol. The van der Waals surface area contributed by atoms with Crippen LogP contribution in [0.2, 0.25) is 0 Å². The van der Waals surface area contributed by atoms with E-state index in [-0.39, 0.29) is 0 Å². The zero-order valence-electron chi connectivity index (χ0n) is 8.52. The summed E-state index contributed by atoms with van der Waals surface area (Å²) >= 11 is 0. The lowest BCUT2D eigenvalue weighted by Gasteiger charge is -2.10. The number of carbonyl (C=O) groups excluding carboxylic acids is 1. The Morgan fingerprint density at radius 2 is 2.43 bits per heavy atom. The van der Waals surface area contributed by atoms with Crippen molar-refractivity contribution in [1.82, 2.24) is 9.55 Å². The largest absolute Gasteiger partial charge is 0.464 e. The molecule has 0 saturated carbocycles. The highest BCUT2D eigenvalue weighted by Gasteiger charge is 2.15. The Labute approximate surface area is 82.3 Å². The molecule has 0 fully saturated rings. The van der Waals surface area contributed by atoms with E-state index in [1.165, 1.54) is 13.3 Å². The second-order valence-corrected chi connectivity index (χ2v) is 3.14. The quantitative estimate of drug-likeness (QED) is 0.712. The number of hydrogen-bond donors (Lipinski definition) is 1. The lowest BCUT2D eigenvalue weighted by atomic mass is 10.3. The van der Waals surface area contributed by atoms with Gasteiger partial charge in [-0.2, -0.15) is 0 Å². The van der Waals surface area contributed by atoms with E-state index in [0.29, 0.717) is 18.1 Å². The minimum atomic E-state index is -0.522. The molecule has 1 atom stereocenters. The van der Waals surface area contributed by atoms with Crippen LogP contribution in [0.25, 0.3) is 0 Å². The number of ether oxygens (including phenoxy) is 1. The Morgan fingerprint density at radius 1 is 1.79 bits per heavy atom. The van der Waals surface area contributed by atoms with E-state index in [9.17, 15) is 9.90 Å². The van der Waals surface area contributed by atoms with Crippen LogP contribution >= 0.6 is 0 Å². The van der Waals surface area contributed by atoms with Gasteiger partial charge in [-0.3, -0.25) is 0 Å². The van der Waals surface area contributed by atoms with Crippen molar-refractivity contribution in [3.8, 4) is 0 Å². The van der Waals surface area contributed by atoms with Gasteiger partial charge in [-0.05, 0) is 13.8 Å². The summed E-state index contributed by atoms with van der Waals surface area (Å²) in [5.41, 5.74) is 0.367. The first-order chi connectivity index (χ1) is 6.56. The number of imidazole rings is 1. The van der Waals surface area contributed by atoms with Crippen LogP contribution in [0.1, 0.15) is 23.2 Å². The molecule has 78 valence electrons. The van der Waals surface area contributed by atoms with Crippen molar-refractivity contribution in [3.05, 3.63) is 17.7 Å². The molecule has 5 nitrogen and oxygen atoms in total. The van der Waals surface area contributed by atoms with Gasteiger partial charge in [-0.1, -0.05) is 0 Å². The molecule has 0 saturated heterocycles. The molecule has 1 heterocycles. The normalized spacial score (nSPS) is 12.6. The fourth-order valence-corrected chi connectivity index (χ4v) is 1.23. The number of aliphatic hydroxyl groups excluding tert-OH is 1. The van der Waals surface area contributed by atoms with Crippen LogP contribution in [0, 0.1) is 6.92 Å². The fourth-order valence-electron chi connectivity index (χ4n) is 1.23. The van der Waals surface area contributed by atoms with Crippen LogP contribution in [0.3, 0.4) is 0 Å². The third kappa shape index (κ3) is 2.11. The lowest BCUT2D eigenvalue weighted by Crippen LogP contribution is -2.18. The van der Waals surface area contributed by atoms with Crippen molar-refractivity contribution in [2.24, 2.45) is 0 Å². The third-order valence-corrected chi connectivity index (χ3v) is 1.90. The molecule has 0 aliphatic heterocycles. The molecule has 1 unspecified atom stereocenters. The molecule has 14 heavy (non-hydrogen) atoms. The minimum absolute atomic E-state index is 0.344. The Hall–Kier alpha value is -1.36. The summed E-state index contributed by atoms with van der Waals surface area (Å²) in [4.78, 5) is 15.3. The summed E-state index contributed by atoms with van der Waals surface area (Å²) in [6, 6.07) is 0. The standard InChI is InChI=1S/C9H14N2O3/c1-6(12)5-11-7(2)10-4-8(11)9(13)14-3/h4,6,12H,5H2,1-3H3. The van der Waals surface area contributed by atoms with Crippen molar-refractivity contribution in [3.63, 3.8) is 0 Å². The maximum absolute atomic E-state index is 11.3. The van der Waals surface area contributed by atoms with Crippen molar-refractivity contribution in [2.75, 3.05) is 7.11 Å². The van der Waals surface area contributed by atoms with Gasteiger partial charge in [0.25, 0.3) is 0 Å². The van der Waals surface area contributed by atoms with E-state index in [1.54, 1.807) is 18.4 Å². The molecule has 1 aromatic heterocycles. The van der Waals surface area contributed by atoms with Crippen LogP contribution in [-0.2, 0) is 11.3 Å². The first-order valence-electron chi connectivity index (χ1n) is 4.34. The Bertz CT molecular complexity index is 331. The molecular weight excluding hydrogens is 184 g/mol. The van der Waals surface area contributed by atoms with Crippen LogP contribution in [-0.4, -0.2) is 33.8 Å². The van der Waals surface area contributed by atoms with E-state index in [4.69, 9.17) is 0 Å². The van der Waals surface area contributed by atoms with Crippen molar-refractivity contribution < 1.29 is 14.6 Å². The summed E-state index contributed by atoms with van der Waals surface area (Å²) in [5.74, 6) is 0.248. The van der Waals surface area contributed by atoms with Gasteiger partial charge in [0.15, 0.2) is 0 Å². The number of aromatic nitrogens is 2. The van der Waals surface area contributed by atoms with Gasteiger partial charge >= 0.3 is 5.97 Å². The predicted molar refractivity (Wildman–Crippen MR) is 50.0 cm³/mol. The average Bonchev–Trinajstić information content (AvgIpc) is 2.46. The zero-order chi connectivity index (χ0) is 10.7. The maximum Gasteiger partial charge on any atom is 0.356 e. The van der Waals surface area contributed by atoms with Gasteiger partial charge < -0.3 is 14.4 Å². The highest BCUT2D eigenvalue weighted by molar-refractivity contribution is 5.87. The molecule has 0 amide bonds. The summed E-state index contributed by atoms with van der Waals surface area (Å²) in [6.07, 6.45) is 0.926. The molecule has 0 spiro atoms. The summed E-state index contributed by atoms with van der Waals surface area (Å²) < 4.78 is 6.23. The first kappa shape index (κ1) is 10.7. The minimum Gasteiger partial charge on any atom is -0.464 e. The maximum atomic E-state index is 11.3. The Morgan fingerprint density at radius 3 is 2.93 bits per heavy atom. The molecule has 5 heteroatoms. The molecule has 0 radical (unpaired) electrons. The van der Waals surface area contributed by atoms with Gasteiger partial charge in [0, 0.05) is 0 Å². The summed E-state index contributed by atoms with van der Waals surface area (Å²) in [5, 5.41) is 9.23. The Balaban J connectivity index is 2.99. The highest BCUT2D eigenvalue weighted by Crippen LogP contribution is 2.07. The number of aliphatic hydroxyl groups is 1. The SMILES string of the molecule is COC(=O)c1cnc(C)n1CC(C)O. The van der Waals surface area contributed by atoms with Crippen LogP contribution in [0.5, 0.6) is 0 Å². The lowest BCUT2D eigenvalue weighted by molar-refractivity contribution is 0.0584. The second-order valence-electron chi connectivity index (χ2n) is 3.14. The van der Waals surface area contributed by atoms with Gasteiger partial charge in [-0.25, -0.2) is 9.78 Å². The third-order valence-electron chi connectivity index (χ3n) is 1.90. The number of hydrogen-bond acceptors (Lipinski definition) is 4. The molecule has 0 aliphatic rings. The molecule has 0 aliphatic carbocycles. The molecule has 1 N–H and O–H groups in total. The van der Waals surface area contributed by atoms with E-state index in [0.717, 1.165) is 0 Å². The first-order valence-corrected chi connectivity index (χ1v) is 4.34. The molecule has 1 rings (SSSR count). The number of aryl methyl sites for hydroxylation is 1. The van der Waals surface area contributed by atoms with E-state index in [2.05, 4.69) is 9.72 Å². The fraction of sp³-hybridized carbons (Fsp3) is 0.556. The zero-order valence-corrected chi connectivity index (χ0v) is 8.52. The van der Waals surface area contributed by atoms with Crippen LogP contribution in [0.15, 0.2) is 6.20 Å². The van der Waals surface area contributed by atoms with Crippen LogP contribution < -0.4 is 0 Å². The number of rotatable bonds is 3. The smallest absolute Gasteiger partial charge is 0.356 e. The van der Waals surface area contributed by atoms with Crippen LogP contribution in [0.4, 0.5) is 0 Å². The molecule has 0 bridgehead atoms.